The molecule has 0 heterocycles. The molecule has 15 heavy (non-hydrogen) atoms. The van der Waals surface area contributed by atoms with Gasteiger partial charge in [0.25, 0.3) is 0 Å². The van der Waals surface area contributed by atoms with Crippen molar-refractivity contribution in [3.8, 4) is 5.75 Å². The van der Waals surface area contributed by atoms with Gasteiger partial charge in [-0.1, -0.05) is 12.1 Å². The van der Waals surface area contributed by atoms with Gasteiger partial charge in [-0.15, -0.1) is 0 Å². The quantitative estimate of drug-likeness (QED) is 0.673. The van der Waals surface area contributed by atoms with Crippen LogP contribution < -0.4 is 4.74 Å². The molecule has 0 fully saturated rings. The van der Waals surface area contributed by atoms with Crippen LogP contribution in [0.5, 0.6) is 5.75 Å². The van der Waals surface area contributed by atoms with E-state index in [-0.39, 0.29) is 6.10 Å². The molecule has 1 atom stereocenters. The van der Waals surface area contributed by atoms with Crippen molar-refractivity contribution in [1.82, 2.24) is 0 Å². The highest BCUT2D eigenvalue weighted by Gasteiger charge is 2.06. The van der Waals surface area contributed by atoms with E-state index in [4.69, 9.17) is 9.47 Å². The topological polar surface area (TPSA) is 35.5 Å². The molecule has 82 valence electrons. The Morgan fingerprint density at radius 3 is 2.80 bits per heavy atom. The zero-order valence-corrected chi connectivity index (χ0v) is 9.10. The summed E-state index contributed by atoms with van der Waals surface area (Å²) in [5, 5.41) is 0. The molecule has 1 aromatic carbocycles. The molecular formula is C12H16O3. The van der Waals surface area contributed by atoms with Crippen LogP contribution in [-0.2, 0) is 4.74 Å². The normalized spacial score (nSPS) is 12.1. The van der Waals surface area contributed by atoms with Crippen LogP contribution in [0.1, 0.15) is 23.7 Å². The second-order valence-electron chi connectivity index (χ2n) is 3.37. The summed E-state index contributed by atoms with van der Waals surface area (Å²) in [5.41, 5.74) is 0.585. The van der Waals surface area contributed by atoms with Crippen LogP contribution in [0.4, 0.5) is 0 Å². The Morgan fingerprint density at radius 1 is 1.40 bits per heavy atom. The third kappa shape index (κ3) is 3.72. The molecule has 0 aliphatic heterocycles. The maximum absolute atomic E-state index is 10.7. The summed E-state index contributed by atoms with van der Waals surface area (Å²) >= 11 is 0. The van der Waals surface area contributed by atoms with Gasteiger partial charge in [0.15, 0.2) is 6.29 Å². The van der Waals surface area contributed by atoms with Gasteiger partial charge in [0.2, 0.25) is 0 Å². The zero-order valence-electron chi connectivity index (χ0n) is 9.10. The van der Waals surface area contributed by atoms with E-state index in [1.165, 1.54) is 0 Å². The molecule has 1 rings (SSSR count). The Bertz CT molecular complexity index is 309. The summed E-state index contributed by atoms with van der Waals surface area (Å²) in [4.78, 5) is 10.7. The summed E-state index contributed by atoms with van der Waals surface area (Å²) in [6, 6.07) is 7.21. The average Bonchev–Trinajstić information content (AvgIpc) is 2.27. The lowest BCUT2D eigenvalue weighted by atomic mass is 10.2. The van der Waals surface area contributed by atoms with Gasteiger partial charge in [-0.25, -0.2) is 0 Å². The highest BCUT2D eigenvalue weighted by Crippen LogP contribution is 2.17. The lowest BCUT2D eigenvalue weighted by molar-refractivity contribution is 0.111. The van der Waals surface area contributed by atoms with Gasteiger partial charge in [-0.3, -0.25) is 4.79 Å². The predicted molar refractivity (Wildman–Crippen MR) is 58.4 cm³/mol. The maximum Gasteiger partial charge on any atom is 0.153 e. The van der Waals surface area contributed by atoms with E-state index in [1.807, 2.05) is 19.1 Å². The lowest BCUT2D eigenvalue weighted by Crippen LogP contribution is -2.15. The number of methoxy groups -OCH3 is 1. The molecule has 0 N–H and O–H groups in total. The molecule has 0 saturated heterocycles. The highest BCUT2D eigenvalue weighted by molar-refractivity contribution is 5.79. The van der Waals surface area contributed by atoms with Crippen molar-refractivity contribution < 1.29 is 14.3 Å². The van der Waals surface area contributed by atoms with Crippen LogP contribution in [0.15, 0.2) is 24.3 Å². The largest absolute Gasteiger partial charge is 0.490 e. The Morgan fingerprint density at radius 2 is 2.13 bits per heavy atom. The first-order valence-corrected chi connectivity index (χ1v) is 4.97. The first-order chi connectivity index (χ1) is 7.27. The van der Waals surface area contributed by atoms with Crippen molar-refractivity contribution in [1.29, 1.82) is 0 Å². The van der Waals surface area contributed by atoms with Crippen molar-refractivity contribution in [2.24, 2.45) is 0 Å². The third-order valence-electron chi connectivity index (χ3n) is 2.10. The minimum atomic E-state index is 0.0473. The number of para-hydroxylation sites is 1. The van der Waals surface area contributed by atoms with Crippen LogP contribution >= 0.6 is 0 Å². The van der Waals surface area contributed by atoms with Crippen LogP contribution in [0.3, 0.4) is 0 Å². The first-order valence-electron chi connectivity index (χ1n) is 4.97. The number of hydrogen-bond acceptors (Lipinski definition) is 3. The molecule has 0 amide bonds. The second kappa shape index (κ2) is 6.19. The molecule has 1 unspecified atom stereocenters. The smallest absolute Gasteiger partial charge is 0.153 e. The van der Waals surface area contributed by atoms with Crippen LogP contribution in [0.2, 0.25) is 0 Å². The first kappa shape index (κ1) is 11.7. The van der Waals surface area contributed by atoms with Crippen molar-refractivity contribution in [2.45, 2.75) is 19.4 Å². The average molecular weight is 208 g/mol. The summed E-state index contributed by atoms with van der Waals surface area (Å²) in [6.07, 6.45) is 1.66. The SMILES string of the molecule is COCCC(C)Oc1ccccc1C=O. The third-order valence-corrected chi connectivity index (χ3v) is 2.10. The van der Waals surface area contributed by atoms with Gasteiger partial charge < -0.3 is 9.47 Å². The van der Waals surface area contributed by atoms with Gasteiger partial charge in [-0.2, -0.15) is 0 Å². The molecule has 0 aromatic heterocycles. The summed E-state index contributed by atoms with van der Waals surface area (Å²) in [7, 11) is 1.66. The summed E-state index contributed by atoms with van der Waals surface area (Å²) < 4.78 is 10.6. The number of hydrogen-bond donors (Lipinski definition) is 0. The van der Waals surface area contributed by atoms with E-state index in [2.05, 4.69) is 0 Å². The van der Waals surface area contributed by atoms with Crippen LogP contribution in [0, 0.1) is 0 Å². The molecule has 0 aliphatic carbocycles. The number of rotatable bonds is 6. The second-order valence-corrected chi connectivity index (χ2v) is 3.37. The molecule has 0 saturated carbocycles. The highest BCUT2D eigenvalue weighted by atomic mass is 16.5. The van der Waals surface area contributed by atoms with E-state index in [1.54, 1.807) is 19.2 Å². The molecule has 0 spiro atoms. The fraction of sp³-hybridized carbons (Fsp3) is 0.417. The molecular weight excluding hydrogens is 192 g/mol. The van der Waals surface area contributed by atoms with Crippen molar-refractivity contribution >= 4 is 6.29 Å². The van der Waals surface area contributed by atoms with Gasteiger partial charge in [0.05, 0.1) is 11.7 Å². The van der Waals surface area contributed by atoms with Crippen LogP contribution in [0.25, 0.3) is 0 Å². The molecule has 0 radical (unpaired) electrons. The predicted octanol–water partition coefficient (Wildman–Crippen LogP) is 2.30. The Labute approximate surface area is 90.0 Å². The van der Waals surface area contributed by atoms with Crippen molar-refractivity contribution in [2.75, 3.05) is 13.7 Å². The monoisotopic (exact) mass is 208 g/mol. The standard InChI is InChI=1S/C12H16O3/c1-10(7-8-14-2)15-12-6-4-3-5-11(12)9-13/h3-6,9-10H,7-8H2,1-2H3. The fourth-order valence-corrected chi connectivity index (χ4v) is 1.24. The van der Waals surface area contributed by atoms with Gasteiger partial charge in [0.1, 0.15) is 5.75 Å². The molecule has 0 aliphatic rings. The zero-order chi connectivity index (χ0) is 11.1. The van der Waals surface area contributed by atoms with E-state index in [0.717, 1.165) is 12.7 Å². The Hall–Kier alpha value is -1.35. The molecule has 1 aromatic rings. The van der Waals surface area contributed by atoms with Gasteiger partial charge in [-0.05, 0) is 19.1 Å². The van der Waals surface area contributed by atoms with Gasteiger partial charge in [0, 0.05) is 20.1 Å². The van der Waals surface area contributed by atoms with Gasteiger partial charge >= 0.3 is 0 Å². The number of ether oxygens (including phenoxy) is 2. The summed E-state index contributed by atoms with van der Waals surface area (Å²) in [6.45, 7) is 2.62. The lowest BCUT2D eigenvalue weighted by Gasteiger charge is -2.15. The van der Waals surface area contributed by atoms with E-state index < -0.39 is 0 Å². The van der Waals surface area contributed by atoms with Crippen molar-refractivity contribution in [3.63, 3.8) is 0 Å². The maximum atomic E-state index is 10.7. The summed E-state index contributed by atoms with van der Waals surface area (Å²) in [5.74, 6) is 0.635. The number of carbonyl (C=O) groups excluding carboxylic acids is 1. The number of aldehydes is 1. The number of benzene rings is 1. The molecule has 3 heteroatoms. The molecule has 3 nitrogen and oxygen atoms in total. The minimum absolute atomic E-state index is 0.0473. The Balaban J connectivity index is 2.59. The Kier molecular flexibility index (Phi) is 4.84. The minimum Gasteiger partial charge on any atom is -0.490 e. The van der Waals surface area contributed by atoms with E-state index in [0.29, 0.717) is 17.9 Å². The van der Waals surface area contributed by atoms with E-state index >= 15 is 0 Å². The molecule has 0 bridgehead atoms. The fourth-order valence-electron chi connectivity index (χ4n) is 1.24. The van der Waals surface area contributed by atoms with Crippen molar-refractivity contribution in [3.05, 3.63) is 29.8 Å². The number of carbonyl (C=O) groups is 1. The van der Waals surface area contributed by atoms with E-state index in [9.17, 15) is 4.79 Å². The van der Waals surface area contributed by atoms with Crippen LogP contribution in [-0.4, -0.2) is 26.1 Å².